The van der Waals surface area contributed by atoms with Gasteiger partial charge < -0.3 is 15.1 Å². The van der Waals surface area contributed by atoms with Crippen molar-refractivity contribution in [3.63, 3.8) is 0 Å². The summed E-state index contributed by atoms with van der Waals surface area (Å²) in [6.45, 7) is 1.44. The lowest BCUT2D eigenvalue weighted by molar-refractivity contribution is 0.507. The van der Waals surface area contributed by atoms with Crippen molar-refractivity contribution in [3.05, 3.63) is 59.8 Å². The minimum absolute atomic E-state index is 0.201. The third kappa shape index (κ3) is 5.30. The predicted octanol–water partition coefficient (Wildman–Crippen LogP) is 2.37. The monoisotopic (exact) mass is 289 g/mol. The first-order valence-corrected chi connectivity index (χ1v) is 6.99. The van der Waals surface area contributed by atoms with Crippen molar-refractivity contribution < 1.29 is 8.81 Å². The number of hydrogen-bond donors (Lipinski definition) is 2. The van der Waals surface area contributed by atoms with Crippen LogP contribution < -0.4 is 10.6 Å². The van der Waals surface area contributed by atoms with Gasteiger partial charge in [-0.3, -0.25) is 4.99 Å². The second-order valence-electron chi connectivity index (χ2n) is 4.64. The van der Waals surface area contributed by atoms with Gasteiger partial charge in [0.25, 0.3) is 0 Å². The smallest absolute Gasteiger partial charge is 0.191 e. The van der Waals surface area contributed by atoms with Gasteiger partial charge in [-0.25, -0.2) is 4.39 Å². The fourth-order valence-corrected chi connectivity index (χ4v) is 2.00. The molecule has 0 atom stereocenters. The van der Waals surface area contributed by atoms with E-state index < -0.39 is 0 Å². The van der Waals surface area contributed by atoms with Crippen LogP contribution in [0.1, 0.15) is 11.3 Å². The Balaban J connectivity index is 1.68. The lowest BCUT2D eigenvalue weighted by Crippen LogP contribution is -2.39. The summed E-state index contributed by atoms with van der Waals surface area (Å²) in [5.74, 6) is 1.48. The standard InChI is InChI=1S/C16H20FN3O/c1-18-16(20-10-8-15-6-3-11-21-15)19-9-7-13-4-2-5-14(17)12-13/h2-6,11-12H,7-10H2,1H3,(H2,18,19,20). The highest BCUT2D eigenvalue weighted by Gasteiger charge is 2.00. The van der Waals surface area contributed by atoms with Crippen molar-refractivity contribution in [2.75, 3.05) is 20.1 Å². The summed E-state index contributed by atoms with van der Waals surface area (Å²) < 4.78 is 18.3. The van der Waals surface area contributed by atoms with E-state index in [0.717, 1.165) is 36.7 Å². The summed E-state index contributed by atoms with van der Waals surface area (Å²) in [4.78, 5) is 4.15. The fraction of sp³-hybridized carbons (Fsp3) is 0.312. The van der Waals surface area contributed by atoms with E-state index in [-0.39, 0.29) is 5.82 Å². The van der Waals surface area contributed by atoms with E-state index in [0.29, 0.717) is 6.54 Å². The molecular formula is C16H20FN3O. The van der Waals surface area contributed by atoms with E-state index in [1.807, 2.05) is 18.2 Å². The highest BCUT2D eigenvalue weighted by atomic mass is 19.1. The third-order valence-electron chi connectivity index (χ3n) is 3.06. The molecule has 5 heteroatoms. The molecule has 2 N–H and O–H groups in total. The van der Waals surface area contributed by atoms with Gasteiger partial charge in [0.1, 0.15) is 11.6 Å². The normalized spacial score (nSPS) is 11.4. The zero-order valence-electron chi connectivity index (χ0n) is 12.1. The lowest BCUT2D eigenvalue weighted by Gasteiger charge is -2.11. The van der Waals surface area contributed by atoms with Crippen LogP contribution in [-0.2, 0) is 12.8 Å². The molecule has 0 aliphatic heterocycles. The van der Waals surface area contributed by atoms with Crippen LogP contribution in [-0.4, -0.2) is 26.1 Å². The average Bonchev–Trinajstić information content (AvgIpc) is 2.99. The van der Waals surface area contributed by atoms with Crippen molar-refractivity contribution in [1.82, 2.24) is 10.6 Å². The number of halogens is 1. The van der Waals surface area contributed by atoms with Gasteiger partial charge in [-0.15, -0.1) is 0 Å². The molecule has 2 aromatic rings. The first kappa shape index (κ1) is 15.1. The second kappa shape index (κ2) is 8.09. The molecular weight excluding hydrogens is 269 g/mol. The molecule has 0 aliphatic carbocycles. The zero-order chi connectivity index (χ0) is 14.9. The van der Waals surface area contributed by atoms with Crippen molar-refractivity contribution in [3.8, 4) is 0 Å². The number of nitrogens with one attached hydrogen (secondary N) is 2. The Morgan fingerprint density at radius 2 is 1.95 bits per heavy atom. The van der Waals surface area contributed by atoms with E-state index in [9.17, 15) is 4.39 Å². The summed E-state index contributed by atoms with van der Waals surface area (Å²) >= 11 is 0. The summed E-state index contributed by atoms with van der Waals surface area (Å²) in [5.41, 5.74) is 0.966. The van der Waals surface area contributed by atoms with Crippen LogP contribution in [0.4, 0.5) is 4.39 Å². The van der Waals surface area contributed by atoms with E-state index >= 15 is 0 Å². The Labute approximate surface area is 124 Å². The number of benzene rings is 1. The highest BCUT2D eigenvalue weighted by Crippen LogP contribution is 2.03. The average molecular weight is 289 g/mol. The maximum atomic E-state index is 13.1. The summed E-state index contributed by atoms with van der Waals surface area (Å²) in [6.07, 6.45) is 3.22. The molecule has 0 fully saturated rings. The number of hydrogen-bond acceptors (Lipinski definition) is 2. The van der Waals surface area contributed by atoms with E-state index in [1.54, 1.807) is 25.4 Å². The topological polar surface area (TPSA) is 49.6 Å². The maximum absolute atomic E-state index is 13.1. The molecule has 1 heterocycles. The highest BCUT2D eigenvalue weighted by molar-refractivity contribution is 5.79. The Morgan fingerprint density at radius 1 is 1.14 bits per heavy atom. The van der Waals surface area contributed by atoms with Crippen molar-refractivity contribution in [2.45, 2.75) is 12.8 Å². The van der Waals surface area contributed by atoms with Crippen LogP contribution in [0.25, 0.3) is 0 Å². The molecule has 0 amide bonds. The molecule has 1 aromatic heterocycles. The molecule has 2 rings (SSSR count). The van der Waals surface area contributed by atoms with Crippen molar-refractivity contribution >= 4 is 5.96 Å². The number of nitrogens with zero attached hydrogens (tertiary/aromatic N) is 1. The van der Waals surface area contributed by atoms with Gasteiger partial charge in [0.05, 0.1) is 6.26 Å². The molecule has 21 heavy (non-hydrogen) atoms. The third-order valence-corrected chi connectivity index (χ3v) is 3.06. The molecule has 0 saturated carbocycles. The van der Waals surface area contributed by atoms with Gasteiger partial charge in [-0.2, -0.15) is 0 Å². The largest absolute Gasteiger partial charge is 0.469 e. The van der Waals surface area contributed by atoms with E-state index in [2.05, 4.69) is 15.6 Å². The van der Waals surface area contributed by atoms with Gasteiger partial charge in [0.2, 0.25) is 0 Å². The molecule has 0 spiro atoms. The van der Waals surface area contributed by atoms with Crippen LogP contribution in [0.3, 0.4) is 0 Å². The molecule has 0 aliphatic rings. The van der Waals surface area contributed by atoms with Gasteiger partial charge in [-0.05, 0) is 36.2 Å². The fourth-order valence-electron chi connectivity index (χ4n) is 2.00. The molecule has 112 valence electrons. The minimum atomic E-state index is -0.201. The van der Waals surface area contributed by atoms with Gasteiger partial charge in [0, 0.05) is 26.6 Å². The van der Waals surface area contributed by atoms with Crippen LogP contribution in [0.15, 0.2) is 52.1 Å². The lowest BCUT2D eigenvalue weighted by atomic mass is 10.1. The number of furan rings is 1. The Morgan fingerprint density at radius 3 is 2.62 bits per heavy atom. The van der Waals surface area contributed by atoms with Crippen LogP contribution in [0.5, 0.6) is 0 Å². The zero-order valence-corrected chi connectivity index (χ0v) is 12.1. The van der Waals surface area contributed by atoms with Crippen molar-refractivity contribution in [1.29, 1.82) is 0 Å². The Bertz CT molecular complexity index is 567. The summed E-state index contributed by atoms with van der Waals surface area (Å²) in [5, 5.41) is 6.41. The number of aliphatic imine (C=N–C) groups is 1. The molecule has 4 nitrogen and oxygen atoms in total. The van der Waals surface area contributed by atoms with Crippen molar-refractivity contribution in [2.24, 2.45) is 4.99 Å². The molecule has 0 radical (unpaired) electrons. The Kier molecular flexibility index (Phi) is 5.82. The van der Waals surface area contributed by atoms with Crippen LogP contribution >= 0.6 is 0 Å². The predicted molar refractivity (Wildman–Crippen MR) is 81.9 cm³/mol. The first-order chi connectivity index (χ1) is 10.3. The minimum Gasteiger partial charge on any atom is -0.469 e. The van der Waals surface area contributed by atoms with Crippen LogP contribution in [0.2, 0.25) is 0 Å². The summed E-state index contributed by atoms with van der Waals surface area (Å²) in [7, 11) is 1.73. The summed E-state index contributed by atoms with van der Waals surface area (Å²) in [6, 6.07) is 10.5. The first-order valence-electron chi connectivity index (χ1n) is 6.99. The van der Waals surface area contributed by atoms with Gasteiger partial charge in [0.15, 0.2) is 5.96 Å². The van der Waals surface area contributed by atoms with E-state index in [4.69, 9.17) is 4.42 Å². The molecule has 0 bridgehead atoms. The number of guanidine groups is 1. The Hall–Kier alpha value is -2.30. The second-order valence-corrected chi connectivity index (χ2v) is 4.64. The SMILES string of the molecule is CN=C(NCCc1cccc(F)c1)NCCc1ccco1. The molecule has 0 unspecified atom stereocenters. The molecule has 1 aromatic carbocycles. The molecule has 0 saturated heterocycles. The number of rotatable bonds is 6. The van der Waals surface area contributed by atoms with E-state index in [1.165, 1.54) is 6.07 Å². The van der Waals surface area contributed by atoms with Gasteiger partial charge >= 0.3 is 0 Å². The van der Waals surface area contributed by atoms with Crippen LogP contribution in [0, 0.1) is 5.82 Å². The van der Waals surface area contributed by atoms with Gasteiger partial charge in [-0.1, -0.05) is 12.1 Å². The quantitative estimate of drug-likeness (QED) is 0.634. The maximum Gasteiger partial charge on any atom is 0.191 e.